The van der Waals surface area contributed by atoms with Crippen LogP contribution in [0.15, 0.2) is 102 Å². The van der Waals surface area contributed by atoms with Gasteiger partial charge in [-0.05, 0) is 18.2 Å². The van der Waals surface area contributed by atoms with Crippen LogP contribution in [0, 0.1) is 0 Å². The second kappa shape index (κ2) is 7.93. The highest BCUT2D eigenvalue weighted by Crippen LogP contribution is 2.43. The number of hydrogen-bond donors (Lipinski definition) is 0. The molecule has 6 aromatic rings. The Hall–Kier alpha value is -3.41. The molecule has 0 saturated heterocycles. The molecule has 5 heteroatoms. The van der Waals surface area contributed by atoms with E-state index in [1.54, 1.807) is 11.3 Å². The van der Waals surface area contributed by atoms with E-state index >= 15 is 0 Å². The van der Waals surface area contributed by atoms with Crippen molar-refractivity contribution < 1.29 is 0 Å². The minimum Gasteiger partial charge on any atom is -0.208 e. The number of nitrogens with zero attached hydrogens (tertiary/aromatic N) is 3. The highest BCUT2D eigenvalue weighted by molar-refractivity contribution is 9.10. The van der Waals surface area contributed by atoms with Crippen molar-refractivity contribution in [2.24, 2.45) is 0 Å². The topological polar surface area (TPSA) is 38.7 Å². The van der Waals surface area contributed by atoms with Crippen LogP contribution in [0.4, 0.5) is 0 Å². The number of fused-ring (bicyclic) bond motifs is 3. The third-order valence-corrected chi connectivity index (χ3v) is 7.21. The lowest BCUT2D eigenvalue weighted by molar-refractivity contribution is 1.07. The molecule has 0 radical (unpaired) electrons. The summed E-state index contributed by atoms with van der Waals surface area (Å²) in [7, 11) is 0. The van der Waals surface area contributed by atoms with E-state index < -0.39 is 0 Å². The second-order valence-corrected chi connectivity index (χ2v) is 9.37. The van der Waals surface area contributed by atoms with Gasteiger partial charge < -0.3 is 0 Å². The quantitative estimate of drug-likeness (QED) is 0.250. The number of thiophene rings is 1. The minimum absolute atomic E-state index is 0.665. The van der Waals surface area contributed by atoms with E-state index in [4.69, 9.17) is 15.0 Å². The van der Waals surface area contributed by atoms with Crippen molar-refractivity contribution in [3.63, 3.8) is 0 Å². The third kappa shape index (κ3) is 3.30. The number of aromatic nitrogens is 3. The van der Waals surface area contributed by atoms with Gasteiger partial charge in [-0.25, -0.2) is 15.0 Å². The first-order valence-electron chi connectivity index (χ1n) is 10.2. The van der Waals surface area contributed by atoms with E-state index in [1.807, 2.05) is 60.7 Å². The SMILES string of the molecule is Brc1ccc2sc3ccccc3c2c1-c1nc(-c2ccccc2)nc(-c2ccccc2)n1. The Bertz CT molecular complexity index is 1520. The van der Waals surface area contributed by atoms with Crippen LogP contribution in [0.3, 0.4) is 0 Å². The van der Waals surface area contributed by atoms with E-state index in [9.17, 15) is 0 Å². The standard InChI is InChI=1S/C27H16BrN3S/c28-20-15-16-22-23(19-13-7-8-14-21(19)32-22)24(20)27-30-25(17-9-3-1-4-10-17)29-26(31-27)18-11-5-2-6-12-18/h1-16H. The Balaban J connectivity index is 1.69. The normalized spacial score (nSPS) is 11.3. The molecule has 0 saturated carbocycles. The van der Waals surface area contributed by atoms with E-state index in [2.05, 4.69) is 52.3 Å². The Kier molecular flexibility index (Phi) is 4.78. The fourth-order valence-electron chi connectivity index (χ4n) is 3.93. The first kappa shape index (κ1) is 19.3. The summed E-state index contributed by atoms with van der Waals surface area (Å²) in [5.74, 6) is 1.99. The van der Waals surface area contributed by atoms with Gasteiger partial charge in [0.15, 0.2) is 17.5 Å². The molecule has 4 aromatic carbocycles. The van der Waals surface area contributed by atoms with Gasteiger partial charge in [0.1, 0.15) is 0 Å². The maximum Gasteiger partial charge on any atom is 0.165 e. The number of halogens is 1. The van der Waals surface area contributed by atoms with Crippen LogP contribution in [0.2, 0.25) is 0 Å². The first-order valence-corrected chi connectivity index (χ1v) is 11.9. The largest absolute Gasteiger partial charge is 0.208 e. The maximum atomic E-state index is 4.95. The van der Waals surface area contributed by atoms with Gasteiger partial charge in [-0.15, -0.1) is 11.3 Å². The summed E-state index contributed by atoms with van der Waals surface area (Å²) in [6, 6.07) is 32.9. The van der Waals surface area contributed by atoms with Crippen molar-refractivity contribution in [2.75, 3.05) is 0 Å². The molecule has 0 N–H and O–H groups in total. The van der Waals surface area contributed by atoms with Gasteiger partial charge in [0.25, 0.3) is 0 Å². The van der Waals surface area contributed by atoms with Gasteiger partial charge in [0.2, 0.25) is 0 Å². The number of hydrogen-bond acceptors (Lipinski definition) is 4. The minimum atomic E-state index is 0.665. The number of rotatable bonds is 3. The molecule has 0 fully saturated rings. The fourth-order valence-corrected chi connectivity index (χ4v) is 5.55. The third-order valence-electron chi connectivity index (χ3n) is 5.42. The summed E-state index contributed by atoms with van der Waals surface area (Å²) in [5.41, 5.74) is 2.93. The predicted octanol–water partition coefficient (Wildman–Crippen LogP) is 8.00. The van der Waals surface area contributed by atoms with Crippen LogP contribution in [0.25, 0.3) is 54.3 Å². The second-order valence-electron chi connectivity index (χ2n) is 7.43. The summed E-state index contributed by atoms with van der Waals surface area (Å²) < 4.78 is 3.44. The monoisotopic (exact) mass is 493 g/mol. The molecule has 0 aliphatic carbocycles. The van der Waals surface area contributed by atoms with Gasteiger partial charge >= 0.3 is 0 Å². The van der Waals surface area contributed by atoms with Gasteiger partial charge in [0.05, 0.1) is 0 Å². The molecule has 32 heavy (non-hydrogen) atoms. The van der Waals surface area contributed by atoms with Gasteiger partial charge in [-0.3, -0.25) is 0 Å². The van der Waals surface area contributed by atoms with Crippen molar-refractivity contribution in [1.82, 2.24) is 15.0 Å². The smallest absolute Gasteiger partial charge is 0.165 e. The summed E-state index contributed by atoms with van der Waals surface area (Å²) in [5, 5.41) is 2.39. The molecular formula is C27H16BrN3S. The van der Waals surface area contributed by atoms with Crippen LogP contribution >= 0.6 is 27.3 Å². The molecule has 6 rings (SSSR count). The molecule has 0 bridgehead atoms. The lowest BCUT2D eigenvalue weighted by atomic mass is 10.1. The van der Waals surface area contributed by atoms with Gasteiger partial charge in [-0.1, -0.05) is 94.8 Å². The van der Waals surface area contributed by atoms with Gasteiger partial charge in [0, 0.05) is 41.3 Å². The molecule has 0 aliphatic rings. The lowest BCUT2D eigenvalue weighted by Gasteiger charge is -2.11. The summed E-state index contributed by atoms with van der Waals surface area (Å²) >= 11 is 5.58. The van der Waals surface area contributed by atoms with Crippen LogP contribution in [-0.4, -0.2) is 15.0 Å². The highest BCUT2D eigenvalue weighted by Gasteiger charge is 2.19. The van der Waals surface area contributed by atoms with Crippen LogP contribution in [0.5, 0.6) is 0 Å². The Labute approximate surface area is 197 Å². The molecule has 0 atom stereocenters. The lowest BCUT2D eigenvalue weighted by Crippen LogP contribution is -2.00. The van der Waals surface area contributed by atoms with E-state index in [0.717, 1.165) is 21.2 Å². The van der Waals surface area contributed by atoms with Crippen LogP contribution in [0.1, 0.15) is 0 Å². The van der Waals surface area contributed by atoms with E-state index in [0.29, 0.717) is 17.5 Å². The molecule has 2 heterocycles. The Morgan fingerprint density at radius 3 is 1.75 bits per heavy atom. The first-order chi connectivity index (χ1) is 15.8. The van der Waals surface area contributed by atoms with E-state index in [-0.39, 0.29) is 0 Å². The molecule has 2 aromatic heterocycles. The Morgan fingerprint density at radius 2 is 1.09 bits per heavy atom. The fraction of sp³-hybridized carbons (Fsp3) is 0. The molecule has 0 spiro atoms. The van der Waals surface area contributed by atoms with Crippen molar-refractivity contribution in [3.8, 4) is 34.2 Å². The highest BCUT2D eigenvalue weighted by atomic mass is 79.9. The maximum absolute atomic E-state index is 4.95. The zero-order valence-corrected chi connectivity index (χ0v) is 19.3. The van der Waals surface area contributed by atoms with Crippen LogP contribution < -0.4 is 0 Å². The number of benzene rings is 4. The molecule has 3 nitrogen and oxygen atoms in total. The summed E-state index contributed by atoms with van der Waals surface area (Å²) in [4.78, 5) is 14.7. The zero-order valence-electron chi connectivity index (χ0n) is 16.9. The molecular weight excluding hydrogens is 478 g/mol. The van der Waals surface area contributed by atoms with Crippen LogP contribution in [-0.2, 0) is 0 Å². The molecule has 0 unspecified atom stereocenters. The van der Waals surface area contributed by atoms with E-state index in [1.165, 1.54) is 20.2 Å². The van der Waals surface area contributed by atoms with Gasteiger partial charge in [-0.2, -0.15) is 0 Å². The average molecular weight is 494 g/mol. The summed E-state index contributed by atoms with van der Waals surface area (Å²) in [6.45, 7) is 0. The Morgan fingerprint density at radius 1 is 0.531 bits per heavy atom. The predicted molar refractivity (Wildman–Crippen MR) is 137 cm³/mol. The molecule has 0 amide bonds. The molecule has 152 valence electrons. The van der Waals surface area contributed by atoms with Crippen molar-refractivity contribution in [3.05, 3.63) is 102 Å². The van der Waals surface area contributed by atoms with Crippen molar-refractivity contribution in [1.29, 1.82) is 0 Å². The average Bonchev–Trinajstić information content (AvgIpc) is 3.23. The molecule has 0 aliphatic heterocycles. The zero-order chi connectivity index (χ0) is 21.5. The van der Waals surface area contributed by atoms with Crippen molar-refractivity contribution in [2.45, 2.75) is 0 Å². The summed E-state index contributed by atoms with van der Waals surface area (Å²) in [6.07, 6.45) is 0. The van der Waals surface area contributed by atoms with Crippen molar-refractivity contribution >= 4 is 47.4 Å².